The van der Waals surface area contributed by atoms with Gasteiger partial charge in [-0.1, -0.05) is 6.07 Å². The van der Waals surface area contributed by atoms with Gasteiger partial charge in [0.15, 0.2) is 0 Å². The van der Waals surface area contributed by atoms with Crippen molar-refractivity contribution < 1.29 is 18.7 Å². The van der Waals surface area contributed by atoms with Crippen LogP contribution in [0.4, 0.5) is 10.1 Å². The van der Waals surface area contributed by atoms with Crippen molar-refractivity contribution in [3.8, 4) is 0 Å². The molecule has 0 aromatic heterocycles. The summed E-state index contributed by atoms with van der Waals surface area (Å²) in [5.41, 5.74) is 0.568. The molecule has 1 unspecified atom stereocenters. The Morgan fingerprint density at radius 2 is 2.33 bits per heavy atom. The highest BCUT2D eigenvalue weighted by Crippen LogP contribution is 2.17. The number of ether oxygens (including phenoxy) is 1. The van der Waals surface area contributed by atoms with Crippen LogP contribution in [0.25, 0.3) is 0 Å². The number of esters is 1. The number of halogens is 1. The van der Waals surface area contributed by atoms with Gasteiger partial charge in [-0.05, 0) is 18.2 Å². The number of benzene rings is 1. The van der Waals surface area contributed by atoms with E-state index in [0.29, 0.717) is 5.69 Å². The Bertz CT molecular complexity index is 478. The monoisotopic (exact) mass is 252 g/mol. The molecule has 0 radical (unpaired) electrons. The van der Waals surface area contributed by atoms with Crippen LogP contribution < -0.4 is 10.2 Å². The summed E-state index contributed by atoms with van der Waals surface area (Å²) in [5, 5.41) is 2.53. The quantitative estimate of drug-likeness (QED) is 0.769. The van der Waals surface area contributed by atoms with Crippen molar-refractivity contribution >= 4 is 17.6 Å². The van der Waals surface area contributed by atoms with E-state index in [1.54, 1.807) is 17.0 Å². The van der Waals surface area contributed by atoms with Crippen molar-refractivity contribution in [1.82, 2.24) is 5.32 Å². The first kappa shape index (κ1) is 12.3. The first-order valence-corrected chi connectivity index (χ1v) is 5.48. The van der Waals surface area contributed by atoms with Gasteiger partial charge >= 0.3 is 5.97 Å². The maximum atomic E-state index is 13.1. The van der Waals surface area contributed by atoms with E-state index in [9.17, 15) is 14.0 Å². The molecule has 6 heteroatoms. The normalized spacial score (nSPS) is 19.3. The smallest absolute Gasteiger partial charge is 0.330 e. The molecular weight excluding hydrogens is 239 g/mol. The number of hydrogen-bond donors (Lipinski definition) is 1. The van der Waals surface area contributed by atoms with Gasteiger partial charge in [-0.3, -0.25) is 4.79 Å². The molecule has 1 amide bonds. The number of hydrogen-bond acceptors (Lipinski definition) is 4. The van der Waals surface area contributed by atoms with Gasteiger partial charge in [0, 0.05) is 12.2 Å². The fourth-order valence-corrected chi connectivity index (χ4v) is 1.89. The molecule has 18 heavy (non-hydrogen) atoms. The number of nitrogens with one attached hydrogen (secondary N) is 1. The largest absolute Gasteiger partial charge is 0.467 e. The van der Waals surface area contributed by atoms with Gasteiger partial charge in [0.2, 0.25) is 5.91 Å². The minimum Gasteiger partial charge on any atom is -0.467 e. The van der Waals surface area contributed by atoms with Crippen LogP contribution in [0.2, 0.25) is 0 Å². The highest BCUT2D eigenvalue weighted by Gasteiger charge is 2.30. The van der Waals surface area contributed by atoms with Crippen molar-refractivity contribution in [1.29, 1.82) is 0 Å². The highest BCUT2D eigenvalue weighted by molar-refractivity contribution is 5.89. The molecule has 1 N–H and O–H groups in total. The van der Waals surface area contributed by atoms with Crippen molar-refractivity contribution in [3.63, 3.8) is 0 Å². The zero-order valence-corrected chi connectivity index (χ0v) is 9.85. The maximum Gasteiger partial charge on any atom is 0.330 e. The molecule has 0 spiro atoms. The summed E-state index contributed by atoms with van der Waals surface area (Å²) < 4.78 is 17.7. The summed E-state index contributed by atoms with van der Waals surface area (Å²) in [4.78, 5) is 24.6. The second-order valence-electron chi connectivity index (χ2n) is 4.00. The molecule has 2 rings (SSSR count). The van der Waals surface area contributed by atoms with Gasteiger partial charge in [-0.25, -0.2) is 9.18 Å². The second-order valence-corrected chi connectivity index (χ2v) is 4.00. The fraction of sp³-hybridized carbons (Fsp3) is 0.333. The summed E-state index contributed by atoms with van der Waals surface area (Å²) in [5.74, 6) is -1.18. The third-order valence-electron chi connectivity index (χ3n) is 2.73. The van der Waals surface area contributed by atoms with Crippen molar-refractivity contribution in [3.05, 3.63) is 30.1 Å². The number of amides is 1. The standard InChI is InChI=1S/C12H13FN2O3/c1-18-12(17)10-6-15(7-11(16)14-10)9-4-2-3-8(13)5-9/h2-5,10H,6-7H2,1H3,(H,14,16). The second kappa shape index (κ2) is 5.03. The lowest BCUT2D eigenvalue weighted by Crippen LogP contribution is -2.57. The van der Waals surface area contributed by atoms with Gasteiger partial charge in [-0.15, -0.1) is 0 Å². The van der Waals surface area contributed by atoms with Crippen LogP contribution >= 0.6 is 0 Å². The van der Waals surface area contributed by atoms with Gasteiger partial charge in [0.1, 0.15) is 11.9 Å². The predicted octanol–water partition coefficient (Wildman–Crippen LogP) is 0.303. The molecule has 0 aliphatic carbocycles. The first-order valence-electron chi connectivity index (χ1n) is 5.48. The minimum absolute atomic E-state index is 0.0942. The summed E-state index contributed by atoms with van der Waals surface area (Å²) in [7, 11) is 1.26. The third-order valence-corrected chi connectivity index (χ3v) is 2.73. The van der Waals surface area contributed by atoms with Crippen molar-refractivity contribution in [2.24, 2.45) is 0 Å². The number of anilines is 1. The van der Waals surface area contributed by atoms with Gasteiger partial charge in [0.25, 0.3) is 0 Å². The summed E-state index contributed by atoms with van der Waals surface area (Å²) in [6.45, 7) is 0.360. The molecular formula is C12H13FN2O3. The lowest BCUT2D eigenvalue weighted by atomic mass is 10.1. The maximum absolute atomic E-state index is 13.1. The molecule has 0 bridgehead atoms. The van der Waals surface area contributed by atoms with Crippen LogP contribution in [-0.4, -0.2) is 38.1 Å². The lowest BCUT2D eigenvalue weighted by molar-refractivity contribution is -0.145. The van der Waals surface area contributed by atoms with E-state index < -0.39 is 12.0 Å². The van der Waals surface area contributed by atoms with Crippen molar-refractivity contribution in [2.45, 2.75) is 6.04 Å². The Morgan fingerprint density at radius 1 is 1.56 bits per heavy atom. The number of nitrogens with zero attached hydrogens (tertiary/aromatic N) is 1. The number of piperazine rings is 1. The average Bonchev–Trinajstić information content (AvgIpc) is 2.37. The van der Waals surface area contributed by atoms with Crippen LogP contribution in [0.1, 0.15) is 0 Å². The molecule has 1 aromatic carbocycles. The molecule has 1 aromatic rings. The minimum atomic E-state index is -0.723. The van der Waals surface area contributed by atoms with E-state index in [-0.39, 0.29) is 24.8 Å². The van der Waals surface area contributed by atoms with Crippen LogP contribution in [0.15, 0.2) is 24.3 Å². The molecule has 1 atom stereocenters. The Labute approximate surface area is 104 Å². The van der Waals surface area contributed by atoms with Gasteiger partial charge in [0.05, 0.1) is 13.7 Å². The van der Waals surface area contributed by atoms with Crippen LogP contribution in [0.5, 0.6) is 0 Å². The van der Waals surface area contributed by atoms with Crippen molar-refractivity contribution in [2.75, 3.05) is 25.1 Å². The summed E-state index contributed by atoms with van der Waals surface area (Å²) in [6.07, 6.45) is 0. The lowest BCUT2D eigenvalue weighted by Gasteiger charge is -2.33. The zero-order valence-electron chi connectivity index (χ0n) is 9.85. The van der Waals surface area contributed by atoms with E-state index in [0.717, 1.165) is 0 Å². The molecule has 1 fully saturated rings. The number of carbonyl (C=O) groups is 2. The van der Waals surface area contributed by atoms with Gasteiger partial charge in [-0.2, -0.15) is 0 Å². The third kappa shape index (κ3) is 2.58. The van der Waals surface area contributed by atoms with E-state index >= 15 is 0 Å². The fourth-order valence-electron chi connectivity index (χ4n) is 1.89. The number of carbonyl (C=O) groups excluding carboxylic acids is 2. The molecule has 1 saturated heterocycles. The average molecular weight is 252 g/mol. The van der Waals surface area contributed by atoms with Crippen LogP contribution in [-0.2, 0) is 14.3 Å². The molecule has 96 valence electrons. The topological polar surface area (TPSA) is 58.6 Å². The zero-order chi connectivity index (χ0) is 13.1. The van der Waals surface area contributed by atoms with Crippen LogP contribution in [0.3, 0.4) is 0 Å². The first-order chi connectivity index (χ1) is 8.60. The number of rotatable bonds is 2. The Hall–Kier alpha value is -2.11. The van der Waals surface area contributed by atoms with Gasteiger partial charge < -0.3 is 15.0 Å². The summed E-state index contributed by atoms with van der Waals surface area (Å²) >= 11 is 0. The van der Waals surface area contributed by atoms with E-state index in [1.807, 2.05) is 0 Å². The summed E-state index contributed by atoms with van der Waals surface area (Å²) in [6, 6.07) is 5.18. The number of methoxy groups -OCH3 is 1. The molecule has 1 aliphatic heterocycles. The predicted molar refractivity (Wildman–Crippen MR) is 62.6 cm³/mol. The Balaban J connectivity index is 2.18. The van der Waals surface area contributed by atoms with E-state index in [1.165, 1.54) is 19.2 Å². The molecule has 1 aliphatic rings. The van der Waals surface area contributed by atoms with Crippen LogP contribution in [0, 0.1) is 5.82 Å². The van der Waals surface area contributed by atoms with E-state index in [2.05, 4.69) is 10.1 Å². The molecule has 0 saturated carbocycles. The van der Waals surface area contributed by atoms with E-state index in [4.69, 9.17) is 0 Å². The SMILES string of the molecule is COC(=O)C1CN(c2cccc(F)c2)CC(=O)N1. The Morgan fingerprint density at radius 3 is 3.00 bits per heavy atom. The highest BCUT2D eigenvalue weighted by atomic mass is 19.1. The molecule has 1 heterocycles. The molecule has 5 nitrogen and oxygen atoms in total. The Kier molecular flexibility index (Phi) is 3.45.